The van der Waals surface area contributed by atoms with Gasteiger partial charge in [0.1, 0.15) is 17.2 Å². The molecule has 5 heteroatoms. The molecule has 4 rings (SSSR count). The van der Waals surface area contributed by atoms with Crippen LogP contribution < -0.4 is 5.32 Å². The van der Waals surface area contributed by atoms with E-state index in [2.05, 4.69) is 12.2 Å². The van der Waals surface area contributed by atoms with E-state index in [0.29, 0.717) is 35.9 Å². The smallest absolute Gasteiger partial charge is 0.225 e. The molecule has 2 heterocycles. The lowest BCUT2D eigenvalue weighted by Gasteiger charge is -2.37. The largest absolute Gasteiger partial charge is 0.460 e. The number of benzene rings is 1. The van der Waals surface area contributed by atoms with Gasteiger partial charge in [-0.15, -0.1) is 0 Å². The number of halogens is 1. The van der Waals surface area contributed by atoms with Crippen LogP contribution in [-0.2, 0) is 11.3 Å². The second-order valence-electron chi connectivity index (χ2n) is 7.21. The molecule has 1 N–H and O–H groups in total. The average Bonchev–Trinajstić information content (AvgIpc) is 3.33. The molecule has 1 aromatic carbocycles. The fraction of sp³-hybridized carbons (Fsp3) is 0.526. The summed E-state index contributed by atoms with van der Waals surface area (Å²) in [5.74, 6) is 1.64. The van der Waals surface area contributed by atoms with Crippen LogP contribution in [0.1, 0.15) is 31.9 Å². The van der Waals surface area contributed by atoms with E-state index in [0.717, 1.165) is 43.5 Å². The molecular formula is C19H23FN2O2. The second-order valence-corrected chi connectivity index (χ2v) is 7.21. The number of piperidine rings is 1. The number of carbonyl (C=O) groups excluding carboxylic acids is 1. The van der Waals surface area contributed by atoms with E-state index in [9.17, 15) is 9.18 Å². The van der Waals surface area contributed by atoms with Crippen LogP contribution in [0.25, 0.3) is 11.0 Å². The minimum atomic E-state index is -0.246. The van der Waals surface area contributed by atoms with Crippen LogP contribution in [0.2, 0.25) is 0 Å². The van der Waals surface area contributed by atoms with Crippen LogP contribution in [0.3, 0.4) is 0 Å². The first-order valence-electron chi connectivity index (χ1n) is 8.80. The first-order chi connectivity index (χ1) is 11.6. The number of likely N-dealkylation sites (tertiary alicyclic amines) is 1. The molecule has 1 aliphatic heterocycles. The Balaban J connectivity index is 1.34. The third kappa shape index (κ3) is 3.18. The van der Waals surface area contributed by atoms with E-state index in [-0.39, 0.29) is 5.82 Å². The van der Waals surface area contributed by atoms with E-state index in [1.165, 1.54) is 12.1 Å². The molecule has 0 spiro atoms. The summed E-state index contributed by atoms with van der Waals surface area (Å²) in [5, 5.41) is 4.34. The number of hydrogen-bond acceptors (Lipinski definition) is 3. The van der Waals surface area contributed by atoms with Crippen molar-refractivity contribution in [3.8, 4) is 0 Å². The SMILES string of the molecule is C[C@H]1CN(C(=O)C2CC2)CC[C@@H]1NCc1cc2cc(F)ccc2o1. The topological polar surface area (TPSA) is 45.5 Å². The van der Waals surface area contributed by atoms with Gasteiger partial charge in [0, 0.05) is 30.4 Å². The quantitative estimate of drug-likeness (QED) is 0.935. The molecule has 1 saturated heterocycles. The Kier molecular flexibility index (Phi) is 4.04. The Bertz CT molecular complexity index is 753. The minimum Gasteiger partial charge on any atom is -0.460 e. The molecule has 2 aromatic rings. The van der Waals surface area contributed by atoms with Crippen molar-refractivity contribution in [2.45, 2.75) is 38.8 Å². The molecule has 1 aliphatic carbocycles. The lowest BCUT2D eigenvalue weighted by Crippen LogP contribution is -2.50. The summed E-state index contributed by atoms with van der Waals surface area (Å²) in [7, 11) is 0. The number of fused-ring (bicyclic) bond motifs is 1. The van der Waals surface area contributed by atoms with Gasteiger partial charge in [-0.1, -0.05) is 6.92 Å². The normalized spacial score (nSPS) is 24.5. The summed E-state index contributed by atoms with van der Waals surface area (Å²) >= 11 is 0. The molecule has 2 fully saturated rings. The number of amides is 1. The van der Waals surface area contributed by atoms with Crippen molar-refractivity contribution in [3.05, 3.63) is 35.8 Å². The molecule has 1 aromatic heterocycles. The highest BCUT2D eigenvalue weighted by molar-refractivity contribution is 5.81. The number of nitrogens with one attached hydrogen (secondary N) is 1. The Hall–Kier alpha value is -1.88. The molecule has 0 unspecified atom stereocenters. The van der Waals surface area contributed by atoms with E-state index in [1.54, 1.807) is 6.07 Å². The molecule has 1 amide bonds. The number of rotatable bonds is 4. The molecule has 1 saturated carbocycles. The Morgan fingerprint density at radius 2 is 2.17 bits per heavy atom. The van der Waals surface area contributed by atoms with Crippen molar-refractivity contribution in [1.29, 1.82) is 0 Å². The Morgan fingerprint density at radius 3 is 2.92 bits per heavy atom. The summed E-state index contributed by atoms with van der Waals surface area (Å²) in [5.41, 5.74) is 0.714. The summed E-state index contributed by atoms with van der Waals surface area (Å²) in [6.07, 6.45) is 3.10. The highest BCUT2D eigenvalue weighted by atomic mass is 19.1. The van der Waals surface area contributed by atoms with Gasteiger partial charge in [-0.05, 0) is 49.4 Å². The van der Waals surface area contributed by atoms with Gasteiger partial charge in [-0.3, -0.25) is 4.79 Å². The highest BCUT2D eigenvalue weighted by Gasteiger charge is 2.36. The molecule has 2 atom stereocenters. The fourth-order valence-corrected chi connectivity index (χ4v) is 3.63. The molecule has 0 bridgehead atoms. The molecule has 24 heavy (non-hydrogen) atoms. The summed E-state index contributed by atoms with van der Waals surface area (Å²) < 4.78 is 19.0. The maximum absolute atomic E-state index is 13.2. The minimum absolute atomic E-state index is 0.246. The lowest BCUT2D eigenvalue weighted by molar-refractivity contribution is -0.134. The zero-order valence-electron chi connectivity index (χ0n) is 13.9. The maximum Gasteiger partial charge on any atom is 0.225 e. The molecule has 0 radical (unpaired) electrons. The Labute approximate surface area is 141 Å². The zero-order chi connectivity index (χ0) is 16.7. The van der Waals surface area contributed by atoms with Crippen LogP contribution >= 0.6 is 0 Å². The third-order valence-electron chi connectivity index (χ3n) is 5.21. The highest BCUT2D eigenvalue weighted by Crippen LogP contribution is 2.32. The first-order valence-corrected chi connectivity index (χ1v) is 8.80. The predicted octanol–water partition coefficient (Wildman–Crippen LogP) is 3.31. The standard InChI is InChI=1S/C19H23FN2O2/c1-12-11-22(19(23)13-2-3-13)7-6-17(12)21-10-16-9-14-8-15(20)4-5-18(14)24-16/h4-5,8-9,12-13,17,21H,2-3,6-7,10-11H2,1H3/t12-,17-/m0/s1. The molecule has 128 valence electrons. The van der Waals surface area contributed by atoms with Gasteiger partial charge < -0.3 is 14.6 Å². The van der Waals surface area contributed by atoms with Crippen molar-refractivity contribution < 1.29 is 13.6 Å². The zero-order valence-corrected chi connectivity index (χ0v) is 13.9. The van der Waals surface area contributed by atoms with Crippen molar-refractivity contribution in [3.63, 3.8) is 0 Å². The first kappa shape index (κ1) is 15.6. The van der Waals surface area contributed by atoms with Gasteiger partial charge >= 0.3 is 0 Å². The van der Waals surface area contributed by atoms with Gasteiger partial charge in [0.15, 0.2) is 0 Å². The summed E-state index contributed by atoms with van der Waals surface area (Å²) in [6.45, 7) is 4.49. The molecule has 4 nitrogen and oxygen atoms in total. The third-order valence-corrected chi connectivity index (χ3v) is 5.21. The van der Waals surface area contributed by atoms with E-state index in [4.69, 9.17) is 4.42 Å². The molecule has 2 aliphatic rings. The number of furan rings is 1. The second kappa shape index (κ2) is 6.20. The van der Waals surface area contributed by atoms with Gasteiger partial charge in [0.25, 0.3) is 0 Å². The van der Waals surface area contributed by atoms with Crippen LogP contribution in [-0.4, -0.2) is 29.9 Å². The monoisotopic (exact) mass is 330 g/mol. The van der Waals surface area contributed by atoms with Crippen LogP contribution in [0.15, 0.2) is 28.7 Å². The lowest BCUT2D eigenvalue weighted by atomic mass is 9.93. The van der Waals surface area contributed by atoms with Crippen molar-refractivity contribution >= 4 is 16.9 Å². The van der Waals surface area contributed by atoms with E-state index in [1.807, 2.05) is 11.0 Å². The fourth-order valence-electron chi connectivity index (χ4n) is 3.63. The van der Waals surface area contributed by atoms with Crippen molar-refractivity contribution in [1.82, 2.24) is 10.2 Å². The average molecular weight is 330 g/mol. The van der Waals surface area contributed by atoms with Crippen LogP contribution in [0, 0.1) is 17.7 Å². The van der Waals surface area contributed by atoms with Gasteiger partial charge in [-0.2, -0.15) is 0 Å². The van der Waals surface area contributed by atoms with Gasteiger partial charge in [-0.25, -0.2) is 4.39 Å². The summed E-state index contributed by atoms with van der Waals surface area (Å²) in [4.78, 5) is 14.2. The van der Waals surface area contributed by atoms with Crippen molar-refractivity contribution in [2.75, 3.05) is 13.1 Å². The van der Waals surface area contributed by atoms with E-state index >= 15 is 0 Å². The van der Waals surface area contributed by atoms with Crippen LogP contribution in [0.5, 0.6) is 0 Å². The van der Waals surface area contributed by atoms with E-state index < -0.39 is 0 Å². The summed E-state index contributed by atoms with van der Waals surface area (Å²) in [6, 6.07) is 6.84. The predicted molar refractivity (Wildman–Crippen MR) is 89.9 cm³/mol. The van der Waals surface area contributed by atoms with Gasteiger partial charge in [0.05, 0.1) is 6.54 Å². The van der Waals surface area contributed by atoms with Gasteiger partial charge in [0.2, 0.25) is 5.91 Å². The number of nitrogens with zero attached hydrogens (tertiary/aromatic N) is 1. The van der Waals surface area contributed by atoms with Crippen LogP contribution in [0.4, 0.5) is 4.39 Å². The Morgan fingerprint density at radius 1 is 1.33 bits per heavy atom. The number of hydrogen-bond donors (Lipinski definition) is 1. The maximum atomic E-state index is 13.2. The number of carbonyl (C=O) groups is 1. The molecular weight excluding hydrogens is 307 g/mol. The van der Waals surface area contributed by atoms with Crippen molar-refractivity contribution in [2.24, 2.45) is 11.8 Å².